The van der Waals surface area contributed by atoms with Crippen molar-refractivity contribution >= 4 is 17.6 Å². The molecule has 0 saturated carbocycles. The normalized spacial score (nSPS) is 18.5. The second kappa shape index (κ2) is 6.75. The van der Waals surface area contributed by atoms with Crippen LogP contribution in [0.2, 0.25) is 5.02 Å². The summed E-state index contributed by atoms with van der Waals surface area (Å²) in [6, 6.07) is 11.4. The first-order chi connectivity index (χ1) is 13.0. The fraction of sp³-hybridized carbons (Fsp3) is 0.211. The third-order valence-electron chi connectivity index (χ3n) is 4.50. The van der Waals surface area contributed by atoms with Gasteiger partial charge in [0.2, 0.25) is 0 Å². The molecule has 0 aliphatic carbocycles. The number of ether oxygens (including phenoxy) is 1. The predicted octanol–water partition coefficient (Wildman–Crippen LogP) is 4.00. The van der Waals surface area contributed by atoms with E-state index in [9.17, 15) is 14.3 Å². The van der Waals surface area contributed by atoms with E-state index in [-0.39, 0.29) is 6.42 Å². The second-order valence-corrected chi connectivity index (χ2v) is 6.70. The molecule has 6 nitrogen and oxygen atoms in total. The number of carbonyl (C=O) groups is 1. The number of aryl methyl sites for hydroxylation is 1. The van der Waals surface area contributed by atoms with Crippen molar-refractivity contribution in [3.8, 4) is 5.69 Å². The third-order valence-corrected chi connectivity index (χ3v) is 4.73. The van der Waals surface area contributed by atoms with Crippen LogP contribution >= 0.6 is 11.6 Å². The van der Waals surface area contributed by atoms with Crippen LogP contribution in [0.4, 0.5) is 4.39 Å². The standard InChI is InChI=1S/C19H15ClFN3O3/c1-10-22-23-19-16(9-17(25)26)27-18(12-4-2-3-5-14(12)21)13-8-11(20)6-7-15(13)24(10)19/h2-8,16,18H,9H2,1H3,(H,25,26). The van der Waals surface area contributed by atoms with Crippen LogP contribution in [0.1, 0.15) is 41.4 Å². The van der Waals surface area contributed by atoms with Crippen molar-refractivity contribution in [1.29, 1.82) is 0 Å². The predicted molar refractivity (Wildman–Crippen MR) is 95.4 cm³/mol. The minimum absolute atomic E-state index is 0.299. The van der Waals surface area contributed by atoms with Crippen LogP contribution < -0.4 is 0 Å². The van der Waals surface area contributed by atoms with E-state index in [1.807, 2.05) is 0 Å². The number of hydrogen-bond donors (Lipinski definition) is 1. The van der Waals surface area contributed by atoms with E-state index >= 15 is 0 Å². The van der Waals surface area contributed by atoms with Gasteiger partial charge in [-0.15, -0.1) is 10.2 Å². The van der Waals surface area contributed by atoms with E-state index in [0.29, 0.717) is 33.5 Å². The van der Waals surface area contributed by atoms with Crippen molar-refractivity contribution in [1.82, 2.24) is 14.8 Å². The summed E-state index contributed by atoms with van der Waals surface area (Å²) >= 11 is 6.20. The molecule has 0 saturated heterocycles. The maximum atomic E-state index is 14.6. The van der Waals surface area contributed by atoms with Gasteiger partial charge in [0.1, 0.15) is 23.8 Å². The topological polar surface area (TPSA) is 77.2 Å². The van der Waals surface area contributed by atoms with Gasteiger partial charge in [0, 0.05) is 16.1 Å². The summed E-state index contributed by atoms with van der Waals surface area (Å²) < 4.78 is 22.4. The molecule has 0 radical (unpaired) electrons. The third kappa shape index (κ3) is 3.09. The Morgan fingerprint density at radius 1 is 1.26 bits per heavy atom. The molecule has 2 aromatic carbocycles. The van der Waals surface area contributed by atoms with Crippen LogP contribution in [0.3, 0.4) is 0 Å². The van der Waals surface area contributed by atoms with Gasteiger partial charge in [-0.05, 0) is 31.2 Å². The molecule has 0 bridgehead atoms. The first kappa shape index (κ1) is 17.6. The molecule has 1 aliphatic rings. The number of aliphatic carboxylic acids is 1. The maximum absolute atomic E-state index is 14.6. The largest absolute Gasteiger partial charge is 0.481 e. The lowest BCUT2D eigenvalue weighted by atomic mass is 9.99. The number of fused-ring (bicyclic) bond motifs is 3. The average Bonchev–Trinajstić information content (AvgIpc) is 2.94. The first-order valence-corrected chi connectivity index (χ1v) is 8.67. The van der Waals surface area contributed by atoms with Crippen LogP contribution in [0.5, 0.6) is 0 Å². The van der Waals surface area contributed by atoms with Crippen LogP contribution in [0.25, 0.3) is 5.69 Å². The quantitative estimate of drug-likeness (QED) is 0.734. The first-order valence-electron chi connectivity index (χ1n) is 8.29. The van der Waals surface area contributed by atoms with Gasteiger partial charge in [-0.3, -0.25) is 9.36 Å². The van der Waals surface area contributed by atoms with Crippen molar-refractivity contribution in [2.45, 2.75) is 25.6 Å². The van der Waals surface area contributed by atoms with Gasteiger partial charge in [0.15, 0.2) is 5.82 Å². The van der Waals surface area contributed by atoms with E-state index < -0.39 is 24.0 Å². The number of nitrogens with zero attached hydrogens (tertiary/aromatic N) is 3. The molecule has 138 valence electrons. The lowest BCUT2D eigenvalue weighted by molar-refractivity contribution is -0.141. The van der Waals surface area contributed by atoms with Crippen molar-refractivity contribution < 1.29 is 19.0 Å². The zero-order valence-electron chi connectivity index (χ0n) is 14.3. The number of aromatic nitrogens is 3. The minimum Gasteiger partial charge on any atom is -0.481 e. The van der Waals surface area contributed by atoms with Gasteiger partial charge < -0.3 is 9.84 Å². The lowest BCUT2D eigenvalue weighted by Gasteiger charge is -2.22. The number of rotatable bonds is 3. The maximum Gasteiger partial charge on any atom is 0.306 e. The summed E-state index contributed by atoms with van der Waals surface area (Å²) in [5.41, 5.74) is 1.59. The van der Waals surface area contributed by atoms with E-state index in [1.54, 1.807) is 47.9 Å². The van der Waals surface area contributed by atoms with Crippen LogP contribution in [-0.4, -0.2) is 25.8 Å². The highest BCUT2D eigenvalue weighted by atomic mass is 35.5. The molecular formula is C19H15ClFN3O3. The molecule has 2 unspecified atom stereocenters. The summed E-state index contributed by atoms with van der Waals surface area (Å²) in [6.45, 7) is 1.76. The highest BCUT2D eigenvalue weighted by Crippen LogP contribution is 2.42. The average molecular weight is 388 g/mol. The van der Waals surface area contributed by atoms with Crippen LogP contribution in [-0.2, 0) is 9.53 Å². The number of hydrogen-bond acceptors (Lipinski definition) is 4. The van der Waals surface area contributed by atoms with E-state index in [2.05, 4.69) is 10.2 Å². The van der Waals surface area contributed by atoms with Gasteiger partial charge in [0.25, 0.3) is 0 Å². The highest BCUT2D eigenvalue weighted by Gasteiger charge is 2.35. The Balaban J connectivity index is 1.98. The SMILES string of the molecule is Cc1nnc2n1-c1ccc(Cl)cc1C(c1ccccc1F)OC2CC(=O)O. The molecule has 1 aliphatic heterocycles. The molecule has 8 heteroatoms. The Hall–Kier alpha value is -2.77. The van der Waals surface area contributed by atoms with E-state index in [0.717, 1.165) is 0 Å². The Morgan fingerprint density at radius 2 is 2.04 bits per heavy atom. The molecule has 0 amide bonds. The molecule has 27 heavy (non-hydrogen) atoms. The molecular weight excluding hydrogens is 373 g/mol. The second-order valence-electron chi connectivity index (χ2n) is 6.27. The zero-order chi connectivity index (χ0) is 19.1. The van der Waals surface area contributed by atoms with Crippen molar-refractivity contribution in [2.75, 3.05) is 0 Å². The molecule has 2 heterocycles. The summed E-state index contributed by atoms with van der Waals surface area (Å²) in [5.74, 6) is -0.570. The molecule has 1 aromatic heterocycles. The highest BCUT2D eigenvalue weighted by molar-refractivity contribution is 6.30. The number of halogens is 2. The summed E-state index contributed by atoms with van der Waals surface area (Å²) in [6.07, 6.45) is -2.07. The molecule has 0 spiro atoms. The van der Waals surface area contributed by atoms with Gasteiger partial charge in [-0.2, -0.15) is 0 Å². The minimum atomic E-state index is -1.05. The Labute approximate surface area is 159 Å². The molecule has 4 rings (SSSR count). The number of benzene rings is 2. The Kier molecular flexibility index (Phi) is 4.41. The van der Waals surface area contributed by atoms with Crippen LogP contribution in [0.15, 0.2) is 42.5 Å². The van der Waals surface area contributed by atoms with Gasteiger partial charge >= 0.3 is 5.97 Å². The summed E-state index contributed by atoms with van der Waals surface area (Å²) in [7, 11) is 0. The fourth-order valence-corrected chi connectivity index (χ4v) is 3.53. The monoisotopic (exact) mass is 387 g/mol. The number of carboxylic acids is 1. The van der Waals surface area contributed by atoms with Gasteiger partial charge in [-0.25, -0.2) is 4.39 Å². The van der Waals surface area contributed by atoms with Crippen molar-refractivity contribution in [3.05, 3.63) is 76.1 Å². The summed E-state index contributed by atoms with van der Waals surface area (Å²) in [4.78, 5) is 11.4. The Morgan fingerprint density at radius 3 is 2.78 bits per heavy atom. The lowest BCUT2D eigenvalue weighted by Crippen LogP contribution is -2.15. The van der Waals surface area contributed by atoms with E-state index in [1.165, 1.54) is 6.07 Å². The van der Waals surface area contributed by atoms with Crippen molar-refractivity contribution in [3.63, 3.8) is 0 Å². The van der Waals surface area contributed by atoms with Gasteiger partial charge in [-0.1, -0.05) is 29.8 Å². The van der Waals surface area contributed by atoms with E-state index in [4.69, 9.17) is 16.3 Å². The fourth-order valence-electron chi connectivity index (χ4n) is 3.35. The Bertz CT molecular complexity index is 1040. The molecule has 2 atom stereocenters. The molecule has 3 aromatic rings. The number of carboxylic acid groups (broad SMARTS) is 1. The zero-order valence-corrected chi connectivity index (χ0v) is 15.0. The molecule has 1 N–H and O–H groups in total. The van der Waals surface area contributed by atoms with Gasteiger partial charge in [0.05, 0.1) is 12.1 Å². The molecule has 0 fully saturated rings. The van der Waals surface area contributed by atoms with Crippen LogP contribution in [0, 0.1) is 12.7 Å². The smallest absolute Gasteiger partial charge is 0.306 e. The van der Waals surface area contributed by atoms with Crippen molar-refractivity contribution in [2.24, 2.45) is 0 Å². The summed E-state index contributed by atoms with van der Waals surface area (Å²) in [5, 5.41) is 18.0.